The highest BCUT2D eigenvalue weighted by Gasteiger charge is 2.43. The van der Waals surface area contributed by atoms with E-state index in [2.05, 4.69) is 24.3 Å². The Morgan fingerprint density at radius 1 is 0.950 bits per heavy atom. The first-order valence-electron chi connectivity index (χ1n) is 7.22. The molecule has 0 heterocycles. The lowest BCUT2D eigenvalue weighted by Crippen LogP contribution is -2.04. The molecule has 1 saturated carbocycles. The molecule has 0 spiro atoms. The molecule has 2 aromatic carbocycles. The molecular formula is C19H16O. The minimum Gasteiger partial charge on any atom is -0.289 e. The third-order valence-electron chi connectivity index (χ3n) is 4.44. The standard InChI is InChI=1S/C19H16O/c20-19-15(10-13-6-2-1-3-7-13)11-14-12-18(14)16-8-4-5-9-17(16)19/h1-10,14,18H,11-12H2/b15-10+. The van der Waals surface area contributed by atoms with Crippen molar-refractivity contribution in [3.8, 4) is 0 Å². The highest BCUT2D eigenvalue weighted by molar-refractivity contribution is 6.12. The zero-order valence-electron chi connectivity index (χ0n) is 11.3. The zero-order chi connectivity index (χ0) is 13.5. The number of benzene rings is 2. The number of Topliss-reactive ketones (excluding diaryl/α,β-unsaturated/α-hetero) is 1. The predicted molar refractivity (Wildman–Crippen MR) is 80.7 cm³/mol. The van der Waals surface area contributed by atoms with Crippen molar-refractivity contribution in [3.05, 3.63) is 76.9 Å². The summed E-state index contributed by atoms with van der Waals surface area (Å²) in [7, 11) is 0. The van der Waals surface area contributed by atoms with Crippen LogP contribution in [0.2, 0.25) is 0 Å². The largest absolute Gasteiger partial charge is 0.289 e. The van der Waals surface area contributed by atoms with Crippen molar-refractivity contribution < 1.29 is 4.79 Å². The van der Waals surface area contributed by atoms with E-state index < -0.39 is 0 Å². The molecule has 2 atom stereocenters. The van der Waals surface area contributed by atoms with Crippen LogP contribution in [0, 0.1) is 5.92 Å². The molecule has 0 N–H and O–H groups in total. The van der Waals surface area contributed by atoms with Gasteiger partial charge in [0.2, 0.25) is 0 Å². The van der Waals surface area contributed by atoms with E-state index in [4.69, 9.17) is 0 Å². The maximum absolute atomic E-state index is 12.7. The van der Waals surface area contributed by atoms with Gasteiger partial charge >= 0.3 is 0 Å². The highest BCUT2D eigenvalue weighted by Crippen LogP contribution is 2.54. The van der Waals surface area contributed by atoms with Gasteiger partial charge < -0.3 is 0 Å². The average molecular weight is 260 g/mol. The van der Waals surface area contributed by atoms with E-state index in [1.165, 1.54) is 12.0 Å². The molecule has 0 bridgehead atoms. The number of fused-ring (bicyclic) bond motifs is 3. The van der Waals surface area contributed by atoms with Crippen molar-refractivity contribution in [2.24, 2.45) is 5.92 Å². The van der Waals surface area contributed by atoms with Crippen LogP contribution in [0.15, 0.2) is 60.2 Å². The lowest BCUT2D eigenvalue weighted by molar-refractivity contribution is 0.103. The van der Waals surface area contributed by atoms with Gasteiger partial charge in [0.25, 0.3) is 0 Å². The summed E-state index contributed by atoms with van der Waals surface area (Å²) in [5, 5.41) is 0. The lowest BCUT2D eigenvalue weighted by Gasteiger charge is -2.07. The van der Waals surface area contributed by atoms with Gasteiger partial charge in [-0.1, -0.05) is 54.6 Å². The Bertz CT molecular complexity index is 697. The lowest BCUT2D eigenvalue weighted by atomic mass is 9.96. The summed E-state index contributed by atoms with van der Waals surface area (Å²) in [6, 6.07) is 18.3. The topological polar surface area (TPSA) is 17.1 Å². The van der Waals surface area contributed by atoms with Crippen molar-refractivity contribution in [3.63, 3.8) is 0 Å². The van der Waals surface area contributed by atoms with E-state index in [0.29, 0.717) is 11.8 Å². The monoisotopic (exact) mass is 260 g/mol. The molecule has 0 saturated heterocycles. The Morgan fingerprint density at radius 3 is 2.55 bits per heavy atom. The van der Waals surface area contributed by atoms with Gasteiger partial charge in [0.05, 0.1) is 0 Å². The van der Waals surface area contributed by atoms with E-state index in [-0.39, 0.29) is 5.78 Å². The summed E-state index contributed by atoms with van der Waals surface area (Å²) in [5.74, 6) is 1.49. The van der Waals surface area contributed by atoms with Crippen LogP contribution in [0.4, 0.5) is 0 Å². The molecule has 1 nitrogen and oxygen atoms in total. The van der Waals surface area contributed by atoms with E-state index in [1.807, 2.05) is 36.4 Å². The zero-order valence-corrected chi connectivity index (χ0v) is 11.3. The second-order valence-electron chi connectivity index (χ2n) is 5.80. The molecule has 20 heavy (non-hydrogen) atoms. The Balaban J connectivity index is 1.80. The molecule has 0 amide bonds. The molecule has 2 aliphatic rings. The van der Waals surface area contributed by atoms with Crippen molar-refractivity contribution >= 4 is 11.9 Å². The minimum absolute atomic E-state index is 0.219. The van der Waals surface area contributed by atoms with Crippen molar-refractivity contribution in [2.75, 3.05) is 0 Å². The summed E-state index contributed by atoms with van der Waals surface area (Å²) >= 11 is 0. The van der Waals surface area contributed by atoms with Gasteiger partial charge in [0, 0.05) is 11.1 Å². The number of hydrogen-bond donors (Lipinski definition) is 0. The number of ketones is 1. The minimum atomic E-state index is 0.219. The molecular weight excluding hydrogens is 244 g/mol. The fourth-order valence-electron chi connectivity index (χ4n) is 3.30. The summed E-state index contributed by atoms with van der Waals surface area (Å²) in [6.45, 7) is 0. The van der Waals surface area contributed by atoms with Crippen LogP contribution in [-0.2, 0) is 0 Å². The smallest absolute Gasteiger partial charge is 0.189 e. The molecule has 2 unspecified atom stereocenters. The van der Waals surface area contributed by atoms with Gasteiger partial charge in [-0.25, -0.2) is 0 Å². The maximum Gasteiger partial charge on any atom is 0.189 e. The van der Waals surface area contributed by atoms with Crippen LogP contribution in [0.3, 0.4) is 0 Å². The van der Waals surface area contributed by atoms with Crippen LogP contribution in [0.5, 0.6) is 0 Å². The number of rotatable bonds is 1. The van der Waals surface area contributed by atoms with Gasteiger partial charge in [-0.2, -0.15) is 0 Å². The highest BCUT2D eigenvalue weighted by atomic mass is 16.1. The average Bonchev–Trinajstić information content (AvgIpc) is 3.26. The number of carbonyl (C=O) groups is 1. The van der Waals surface area contributed by atoms with Crippen molar-refractivity contribution in [1.29, 1.82) is 0 Å². The molecule has 1 heteroatoms. The van der Waals surface area contributed by atoms with Crippen LogP contribution >= 0.6 is 0 Å². The molecule has 0 aliphatic heterocycles. The van der Waals surface area contributed by atoms with E-state index >= 15 is 0 Å². The quantitative estimate of drug-likeness (QED) is 0.692. The Labute approximate surface area is 119 Å². The summed E-state index contributed by atoms with van der Waals surface area (Å²) < 4.78 is 0. The van der Waals surface area contributed by atoms with Gasteiger partial charge in [0.1, 0.15) is 0 Å². The van der Waals surface area contributed by atoms with Gasteiger partial charge in [0.15, 0.2) is 5.78 Å². The first-order valence-corrected chi connectivity index (χ1v) is 7.22. The Hall–Kier alpha value is -2.15. The Kier molecular flexibility index (Phi) is 2.59. The second-order valence-corrected chi connectivity index (χ2v) is 5.80. The van der Waals surface area contributed by atoms with Gasteiger partial charge in [-0.15, -0.1) is 0 Å². The van der Waals surface area contributed by atoms with Crippen LogP contribution in [-0.4, -0.2) is 5.78 Å². The number of carbonyl (C=O) groups excluding carboxylic acids is 1. The molecule has 0 radical (unpaired) electrons. The van der Waals surface area contributed by atoms with Crippen molar-refractivity contribution in [2.45, 2.75) is 18.8 Å². The molecule has 2 aliphatic carbocycles. The maximum atomic E-state index is 12.7. The fourth-order valence-corrected chi connectivity index (χ4v) is 3.30. The molecule has 2 aromatic rings. The van der Waals surface area contributed by atoms with E-state index in [0.717, 1.165) is 23.1 Å². The molecule has 1 fully saturated rings. The summed E-state index contributed by atoms with van der Waals surface area (Å²) in [4.78, 5) is 12.7. The first-order chi connectivity index (χ1) is 9.83. The second kappa shape index (κ2) is 4.45. The van der Waals surface area contributed by atoms with Crippen LogP contribution in [0.25, 0.3) is 6.08 Å². The van der Waals surface area contributed by atoms with E-state index in [1.54, 1.807) is 0 Å². The fraction of sp³-hybridized carbons (Fsp3) is 0.211. The summed E-state index contributed by atoms with van der Waals surface area (Å²) in [6.07, 6.45) is 4.23. The van der Waals surface area contributed by atoms with Gasteiger partial charge in [-0.3, -0.25) is 4.79 Å². The van der Waals surface area contributed by atoms with Crippen LogP contribution in [0.1, 0.15) is 40.2 Å². The molecule has 4 rings (SSSR count). The Morgan fingerprint density at radius 2 is 1.70 bits per heavy atom. The third-order valence-corrected chi connectivity index (χ3v) is 4.44. The number of allylic oxidation sites excluding steroid dienone is 1. The first kappa shape index (κ1) is 11.7. The summed E-state index contributed by atoms with van der Waals surface area (Å²) in [5.41, 5.74) is 4.26. The van der Waals surface area contributed by atoms with Crippen LogP contribution < -0.4 is 0 Å². The van der Waals surface area contributed by atoms with Crippen molar-refractivity contribution in [1.82, 2.24) is 0 Å². The third kappa shape index (κ3) is 1.90. The molecule has 0 aromatic heterocycles. The number of hydrogen-bond acceptors (Lipinski definition) is 1. The SMILES string of the molecule is O=C1/C(=C/c2ccccc2)CC2CC2c2ccccc21. The van der Waals surface area contributed by atoms with Gasteiger partial charge in [-0.05, 0) is 41.9 Å². The molecule has 98 valence electrons. The normalized spacial score (nSPS) is 25.8. The predicted octanol–water partition coefficient (Wildman–Crippen LogP) is 4.46. The van der Waals surface area contributed by atoms with E-state index in [9.17, 15) is 4.79 Å².